The summed E-state index contributed by atoms with van der Waals surface area (Å²) in [6.07, 6.45) is 1.40. The van der Waals surface area contributed by atoms with Crippen molar-refractivity contribution in [2.75, 3.05) is 6.61 Å². The van der Waals surface area contributed by atoms with Crippen LogP contribution in [-0.4, -0.2) is 36.6 Å². The van der Waals surface area contributed by atoms with Crippen LogP contribution in [0.3, 0.4) is 0 Å². The summed E-state index contributed by atoms with van der Waals surface area (Å²) in [7, 11) is 0. The molecule has 0 radical (unpaired) electrons. The largest absolute Gasteiger partial charge is 0.484 e. The molecule has 0 unspecified atom stereocenters. The molecule has 0 aromatic heterocycles. The van der Waals surface area contributed by atoms with E-state index >= 15 is 0 Å². The van der Waals surface area contributed by atoms with Gasteiger partial charge in [0.05, 0.1) is 12.3 Å². The molecule has 0 bridgehead atoms. The number of hydrogen-bond acceptors (Lipinski definition) is 5. The summed E-state index contributed by atoms with van der Waals surface area (Å²) in [5.41, 5.74) is 3.78. The van der Waals surface area contributed by atoms with Crippen molar-refractivity contribution in [1.82, 2.24) is 16.1 Å². The number of nitrogens with one attached hydrogen (secondary N) is 3. The molecule has 0 spiro atoms. The Kier molecular flexibility index (Phi) is 8.56. The minimum atomic E-state index is -0.856. The summed E-state index contributed by atoms with van der Waals surface area (Å²) in [5, 5.41) is 9.14. The van der Waals surface area contributed by atoms with Crippen molar-refractivity contribution in [2.45, 2.75) is 32.9 Å². The lowest BCUT2D eigenvalue weighted by atomic mass is 10.1. The van der Waals surface area contributed by atoms with Crippen molar-refractivity contribution in [3.8, 4) is 5.75 Å². The number of rotatable bonds is 8. The fraction of sp³-hybridized carbons (Fsp3) is 0.273. The first-order valence-electron chi connectivity index (χ1n) is 9.56. The van der Waals surface area contributed by atoms with Gasteiger partial charge < -0.3 is 15.4 Å². The highest BCUT2D eigenvalue weighted by Crippen LogP contribution is 2.11. The minimum absolute atomic E-state index is 0.0542. The second-order valence-electron chi connectivity index (χ2n) is 6.88. The Morgan fingerprint density at radius 3 is 2.23 bits per heavy atom. The molecule has 0 aliphatic heterocycles. The summed E-state index contributed by atoms with van der Waals surface area (Å²) < 4.78 is 5.39. The Hall–Kier alpha value is -3.68. The summed E-state index contributed by atoms with van der Waals surface area (Å²) in [6.45, 7) is 5.47. The second-order valence-corrected chi connectivity index (χ2v) is 6.88. The smallest absolute Gasteiger partial charge is 0.329 e. The van der Waals surface area contributed by atoms with Crippen molar-refractivity contribution in [3.63, 3.8) is 0 Å². The summed E-state index contributed by atoms with van der Waals surface area (Å²) in [4.78, 5) is 35.4. The molecule has 0 aliphatic rings. The zero-order valence-corrected chi connectivity index (χ0v) is 17.2. The minimum Gasteiger partial charge on any atom is -0.484 e. The first-order valence-corrected chi connectivity index (χ1v) is 9.56. The summed E-state index contributed by atoms with van der Waals surface area (Å²) in [5.74, 6) is -1.29. The van der Waals surface area contributed by atoms with E-state index in [1.165, 1.54) is 6.21 Å². The third-order valence-electron chi connectivity index (χ3n) is 3.93. The van der Waals surface area contributed by atoms with E-state index in [2.05, 4.69) is 21.2 Å². The Balaban J connectivity index is 1.78. The molecule has 0 fully saturated rings. The van der Waals surface area contributed by atoms with Crippen LogP contribution in [0.4, 0.5) is 0 Å². The standard InChI is InChI=1S/C22H26N4O4/c1-15(2)24-20(27)14-30-19-11-9-17(10-12-19)13-23-26-22(29)21(28)25-16(3)18-7-5-4-6-8-18/h4-13,15-16H,14H2,1-3H3,(H,24,27)(H,25,28)(H,26,29)/b23-13-/t16-/m0/s1. The topological polar surface area (TPSA) is 109 Å². The second kappa shape index (κ2) is 11.4. The molecular formula is C22H26N4O4. The SMILES string of the molecule is CC(C)NC(=O)COc1ccc(/C=N\NC(=O)C(=O)N[C@@H](C)c2ccccc2)cc1. The van der Waals surface area contributed by atoms with E-state index in [0.717, 1.165) is 5.56 Å². The van der Waals surface area contributed by atoms with Gasteiger partial charge >= 0.3 is 11.8 Å². The van der Waals surface area contributed by atoms with Gasteiger partial charge in [0.25, 0.3) is 5.91 Å². The average Bonchev–Trinajstić information content (AvgIpc) is 2.73. The van der Waals surface area contributed by atoms with Crippen LogP contribution in [0.2, 0.25) is 0 Å². The van der Waals surface area contributed by atoms with Gasteiger partial charge in [-0.3, -0.25) is 14.4 Å². The number of ether oxygens (including phenoxy) is 1. The maximum Gasteiger partial charge on any atom is 0.329 e. The van der Waals surface area contributed by atoms with E-state index in [1.807, 2.05) is 44.2 Å². The number of amides is 3. The number of carbonyl (C=O) groups excluding carboxylic acids is 3. The van der Waals surface area contributed by atoms with Crippen LogP contribution in [-0.2, 0) is 14.4 Å². The first-order chi connectivity index (χ1) is 14.3. The number of hydrazone groups is 1. The molecule has 2 rings (SSSR count). The van der Waals surface area contributed by atoms with Crippen LogP contribution in [0.15, 0.2) is 59.7 Å². The maximum absolute atomic E-state index is 12.0. The third kappa shape index (κ3) is 7.75. The lowest BCUT2D eigenvalue weighted by molar-refractivity contribution is -0.139. The molecule has 8 nitrogen and oxygen atoms in total. The maximum atomic E-state index is 12.0. The molecule has 0 saturated carbocycles. The Morgan fingerprint density at radius 1 is 0.933 bits per heavy atom. The van der Waals surface area contributed by atoms with Crippen molar-refractivity contribution in [2.24, 2.45) is 5.10 Å². The molecule has 1 atom stereocenters. The number of carbonyl (C=O) groups is 3. The van der Waals surface area contributed by atoms with Gasteiger partial charge in [-0.25, -0.2) is 5.43 Å². The normalized spacial score (nSPS) is 11.7. The highest BCUT2D eigenvalue weighted by atomic mass is 16.5. The molecular weight excluding hydrogens is 384 g/mol. The molecule has 158 valence electrons. The first kappa shape index (κ1) is 22.6. The van der Waals surface area contributed by atoms with Gasteiger partial charge in [-0.2, -0.15) is 5.10 Å². The highest BCUT2D eigenvalue weighted by Gasteiger charge is 2.16. The molecule has 0 saturated heterocycles. The van der Waals surface area contributed by atoms with Crippen LogP contribution < -0.4 is 20.8 Å². The van der Waals surface area contributed by atoms with Crippen molar-refractivity contribution >= 4 is 23.9 Å². The zero-order chi connectivity index (χ0) is 21.9. The number of benzene rings is 2. The van der Waals surface area contributed by atoms with Crippen LogP contribution in [0.5, 0.6) is 5.75 Å². The predicted molar refractivity (Wildman–Crippen MR) is 114 cm³/mol. The Morgan fingerprint density at radius 2 is 1.60 bits per heavy atom. The molecule has 2 aromatic carbocycles. The van der Waals surface area contributed by atoms with Gasteiger partial charge in [-0.1, -0.05) is 30.3 Å². The number of hydrogen-bond donors (Lipinski definition) is 3. The molecule has 0 aliphatic carbocycles. The third-order valence-corrected chi connectivity index (χ3v) is 3.93. The predicted octanol–water partition coefficient (Wildman–Crippen LogP) is 1.92. The van der Waals surface area contributed by atoms with E-state index < -0.39 is 11.8 Å². The fourth-order valence-corrected chi connectivity index (χ4v) is 2.47. The monoisotopic (exact) mass is 410 g/mol. The molecule has 30 heavy (non-hydrogen) atoms. The molecule has 8 heteroatoms. The van der Waals surface area contributed by atoms with Crippen LogP contribution in [0.25, 0.3) is 0 Å². The van der Waals surface area contributed by atoms with E-state index in [1.54, 1.807) is 31.2 Å². The molecule has 3 N–H and O–H groups in total. The van der Waals surface area contributed by atoms with Crippen LogP contribution in [0, 0.1) is 0 Å². The quantitative estimate of drug-likeness (QED) is 0.351. The Bertz CT molecular complexity index is 880. The van der Waals surface area contributed by atoms with E-state index in [0.29, 0.717) is 11.3 Å². The summed E-state index contributed by atoms with van der Waals surface area (Å²) >= 11 is 0. The van der Waals surface area contributed by atoms with Crippen molar-refractivity contribution < 1.29 is 19.1 Å². The van der Waals surface area contributed by atoms with Gasteiger partial charge in [0.2, 0.25) is 0 Å². The van der Waals surface area contributed by atoms with Crippen LogP contribution in [0.1, 0.15) is 37.9 Å². The molecule has 3 amide bonds. The highest BCUT2D eigenvalue weighted by molar-refractivity contribution is 6.35. The van der Waals surface area contributed by atoms with E-state index in [9.17, 15) is 14.4 Å². The molecule has 0 heterocycles. The number of nitrogens with zero attached hydrogens (tertiary/aromatic N) is 1. The van der Waals surface area contributed by atoms with Gasteiger partial charge in [-0.05, 0) is 56.2 Å². The lowest BCUT2D eigenvalue weighted by Crippen LogP contribution is -2.39. The lowest BCUT2D eigenvalue weighted by Gasteiger charge is -2.13. The zero-order valence-electron chi connectivity index (χ0n) is 17.2. The molecule has 2 aromatic rings. The van der Waals surface area contributed by atoms with E-state index in [4.69, 9.17) is 4.74 Å². The van der Waals surface area contributed by atoms with Gasteiger partial charge in [0.1, 0.15) is 5.75 Å². The van der Waals surface area contributed by atoms with Gasteiger partial charge in [-0.15, -0.1) is 0 Å². The van der Waals surface area contributed by atoms with Crippen molar-refractivity contribution in [1.29, 1.82) is 0 Å². The van der Waals surface area contributed by atoms with E-state index in [-0.39, 0.29) is 24.6 Å². The van der Waals surface area contributed by atoms with Crippen LogP contribution >= 0.6 is 0 Å². The van der Waals surface area contributed by atoms with Gasteiger partial charge in [0, 0.05) is 6.04 Å². The Labute approximate surface area is 175 Å². The fourth-order valence-electron chi connectivity index (χ4n) is 2.47. The van der Waals surface area contributed by atoms with Gasteiger partial charge in [0.15, 0.2) is 6.61 Å². The summed E-state index contributed by atoms with van der Waals surface area (Å²) in [6, 6.07) is 15.9. The average molecular weight is 410 g/mol. The van der Waals surface area contributed by atoms with Crippen molar-refractivity contribution in [3.05, 3.63) is 65.7 Å².